The lowest BCUT2D eigenvalue weighted by Crippen LogP contribution is -2.20. The first-order chi connectivity index (χ1) is 9.49. The van der Waals surface area contributed by atoms with Crippen LogP contribution in [0.3, 0.4) is 0 Å². The Morgan fingerprint density at radius 2 is 1.85 bits per heavy atom. The van der Waals surface area contributed by atoms with Crippen molar-refractivity contribution in [1.29, 1.82) is 0 Å². The van der Waals surface area contributed by atoms with Gasteiger partial charge in [0.2, 0.25) is 0 Å². The molecule has 2 rings (SSSR count). The molecule has 0 saturated carbocycles. The van der Waals surface area contributed by atoms with Crippen LogP contribution in [-0.2, 0) is 6.54 Å². The van der Waals surface area contributed by atoms with Gasteiger partial charge in [-0.15, -0.1) is 0 Å². The van der Waals surface area contributed by atoms with Crippen LogP contribution in [0.25, 0.3) is 0 Å². The first kappa shape index (κ1) is 15.5. The van der Waals surface area contributed by atoms with E-state index < -0.39 is 0 Å². The Bertz CT molecular complexity index is 597. The molecule has 106 valence electrons. The summed E-state index contributed by atoms with van der Waals surface area (Å²) in [6.07, 6.45) is 0. The minimum atomic E-state index is 0.00386. The lowest BCUT2D eigenvalue weighted by atomic mass is 10.1. The molecule has 2 nitrogen and oxygen atoms in total. The molecule has 0 saturated heterocycles. The fourth-order valence-electron chi connectivity index (χ4n) is 2.21. The highest BCUT2D eigenvalue weighted by Gasteiger charge is 2.12. The van der Waals surface area contributed by atoms with Crippen molar-refractivity contribution in [3.8, 4) is 0 Å². The van der Waals surface area contributed by atoms with E-state index in [1.807, 2.05) is 13.0 Å². The number of rotatable bonds is 4. The minimum Gasteiger partial charge on any atom is -0.370 e. The highest BCUT2D eigenvalue weighted by molar-refractivity contribution is 9.10. The summed E-state index contributed by atoms with van der Waals surface area (Å²) in [7, 11) is 2.09. The number of nitrogens with two attached hydrogens (primary N) is 1. The SMILES string of the molecule is CC(N)c1cc(Br)ccc1N(C)Cc1ccccc1Br. The normalized spacial score (nSPS) is 12.2. The standard InChI is InChI=1S/C16H18Br2N2/c1-11(19)14-9-13(17)7-8-16(14)20(2)10-12-5-3-4-6-15(12)18/h3-9,11H,10,19H2,1-2H3. The Kier molecular flexibility index (Phi) is 5.24. The Balaban J connectivity index is 2.30. The average molecular weight is 398 g/mol. The van der Waals surface area contributed by atoms with Gasteiger partial charge in [0.15, 0.2) is 0 Å². The summed E-state index contributed by atoms with van der Waals surface area (Å²) in [4.78, 5) is 2.23. The zero-order valence-electron chi connectivity index (χ0n) is 11.6. The van der Waals surface area contributed by atoms with Crippen LogP contribution in [0.4, 0.5) is 5.69 Å². The molecule has 0 radical (unpaired) electrons. The summed E-state index contributed by atoms with van der Waals surface area (Å²) in [6.45, 7) is 2.85. The van der Waals surface area contributed by atoms with Crippen molar-refractivity contribution >= 4 is 37.5 Å². The molecule has 0 aliphatic carbocycles. The van der Waals surface area contributed by atoms with Gasteiger partial charge in [0, 0.05) is 34.3 Å². The van der Waals surface area contributed by atoms with Gasteiger partial charge in [-0.3, -0.25) is 0 Å². The van der Waals surface area contributed by atoms with E-state index in [0.717, 1.165) is 21.1 Å². The summed E-state index contributed by atoms with van der Waals surface area (Å²) < 4.78 is 2.19. The van der Waals surface area contributed by atoms with Crippen molar-refractivity contribution in [2.45, 2.75) is 19.5 Å². The molecule has 2 aromatic carbocycles. The van der Waals surface area contributed by atoms with Crippen LogP contribution >= 0.6 is 31.9 Å². The van der Waals surface area contributed by atoms with Crippen molar-refractivity contribution < 1.29 is 0 Å². The van der Waals surface area contributed by atoms with Crippen molar-refractivity contribution in [3.63, 3.8) is 0 Å². The molecule has 4 heteroatoms. The zero-order chi connectivity index (χ0) is 14.7. The predicted molar refractivity (Wildman–Crippen MR) is 93.0 cm³/mol. The number of hydrogen-bond donors (Lipinski definition) is 1. The van der Waals surface area contributed by atoms with Crippen molar-refractivity contribution in [2.24, 2.45) is 5.73 Å². The number of nitrogens with zero attached hydrogens (tertiary/aromatic N) is 1. The summed E-state index contributed by atoms with van der Waals surface area (Å²) in [5.74, 6) is 0. The van der Waals surface area contributed by atoms with Crippen LogP contribution in [-0.4, -0.2) is 7.05 Å². The van der Waals surface area contributed by atoms with E-state index in [4.69, 9.17) is 5.73 Å². The molecule has 0 fully saturated rings. The first-order valence-electron chi connectivity index (χ1n) is 6.48. The number of hydrogen-bond acceptors (Lipinski definition) is 2. The minimum absolute atomic E-state index is 0.00386. The Morgan fingerprint density at radius 3 is 2.50 bits per heavy atom. The topological polar surface area (TPSA) is 29.3 Å². The Hall–Kier alpha value is -0.840. The van der Waals surface area contributed by atoms with E-state index in [9.17, 15) is 0 Å². The van der Waals surface area contributed by atoms with Crippen molar-refractivity contribution in [3.05, 3.63) is 62.5 Å². The predicted octanol–water partition coefficient (Wildman–Crippen LogP) is 4.87. The molecule has 20 heavy (non-hydrogen) atoms. The second-order valence-electron chi connectivity index (χ2n) is 4.94. The maximum atomic E-state index is 6.09. The number of halogens is 2. The Labute approximate surface area is 137 Å². The van der Waals surface area contributed by atoms with Crippen molar-refractivity contribution in [1.82, 2.24) is 0 Å². The number of benzene rings is 2. The smallest absolute Gasteiger partial charge is 0.0437 e. The molecule has 0 aliphatic heterocycles. The average Bonchev–Trinajstić information content (AvgIpc) is 2.41. The second-order valence-corrected chi connectivity index (χ2v) is 6.71. The van der Waals surface area contributed by atoms with E-state index in [1.54, 1.807) is 0 Å². The Morgan fingerprint density at radius 1 is 1.15 bits per heavy atom. The summed E-state index contributed by atoms with van der Waals surface area (Å²) in [6, 6.07) is 14.5. The zero-order valence-corrected chi connectivity index (χ0v) is 14.8. The lowest BCUT2D eigenvalue weighted by Gasteiger charge is -2.25. The first-order valence-corrected chi connectivity index (χ1v) is 8.07. The third-order valence-corrected chi connectivity index (χ3v) is 4.52. The van der Waals surface area contributed by atoms with Gasteiger partial charge in [0.25, 0.3) is 0 Å². The molecule has 0 spiro atoms. The van der Waals surface area contributed by atoms with Gasteiger partial charge >= 0.3 is 0 Å². The molecule has 1 atom stereocenters. The van der Waals surface area contributed by atoms with Gasteiger partial charge < -0.3 is 10.6 Å². The van der Waals surface area contributed by atoms with Gasteiger partial charge in [-0.05, 0) is 42.3 Å². The highest BCUT2D eigenvalue weighted by atomic mass is 79.9. The van der Waals surface area contributed by atoms with Gasteiger partial charge in [-0.25, -0.2) is 0 Å². The maximum Gasteiger partial charge on any atom is 0.0437 e. The lowest BCUT2D eigenvalue weighted by molar-refractivity contribution is 0.800. The summed E-state index contributed by atoms with van der Waals surface area (Å²) in [5.41, 5.74) is 9.66. The summed E-state index contributed by atoms with van der Waals surface area (Å²) in [5, 5.41) is 0. The molecule has 0 aromatic heterocycles. The molecule has 2 N–H and O–H groups in total. The van der Waals surface area contributed by atoms with E-state index in [1.165, 1.54) is 11.3 Å². The van der Waals surface area contributed by atoms with Crippen LogP contribution in [0, 0.1) is 0 Å². The highest BCUT2D eigenvalue weighted by Crippen LogP contribution is 2.29. The van der Waals surface area contributed by atoms with Gasteiger partial charge in [0.1, 0.15) is 0 Å². The van der Waals surface area contributed by atoms with Crippen LogP contribution in [0.1, 0.15) is 24.1 Å². The fourth-order valence-corrected chi connectivity index (χ4v) is 2.99. The molecule has 0 bridgehead atoms. The molecule has 1 unspecified atom stereocenters. The van der Waals surface area contributed by atoms with Crippen LogP contribution < -0.4 is 10.6 Å². The largest absolute Gasteiger partial charge is 0.370 e. The van der Waals surface area contributed by atoms with Crippen LogP contribution in [0.5, 0.6) is 0 Å². The molecule has 2 aromatic rings. The quantitative estimate of drug-likeness (QED) is 0.797. The molecule has 0 amide bonds. The molecule has 0 heterocycles. The maximum absolute atomic E-state index is 6.09. The van der Waals surface area contributed by atoms with Gasteiger partial charge in [0.05, 0.1) is 0 Å². The van der Waals surface area contributed by atoms with E-state index in [-0.39, 0.29) is 6.04 Å². The third kappa shape index (κ3) is 3.62. The molecule has 0 aliphatic rings. The molecular weight excluding hydrogens is 380 g/mol. The number of anilines is 1. The fraction of sp³-hybridized carbons (Fsp3) is 0.250. The van der Waals surface area contributed by atoms with E-state index in [2.05, 4.69) is 80.2 Å². The van der Waals surface area contributed by atoms with Gasteiger partial charge in [-0.1, -0.05) is 50.1 Å². The van der Waals surface area contributed by atoms with Crippen LogP contribution in [0.2, 0.25) is 0 Å². The van der Waals surface area contributed by atoms with Crippen molar-refractivity contribution in [2.75, 3.05) is 11.9 Å². The van der Waals surface area contributed by atoms with Gasteiger partial charge in [-0.2, -0.15) is 0 Å². The monoisotopic (exact) mass is 396 g/mol. The molecular formula is C16H18Br2N2. The third-order valence-electron chi connectivity index (χ3n) is 3.26. The van der Waals surface area contributed by atoms with Crippen LogP contribution in [0.15, 0.2) is 51.4 Å². The summed E-state index contributed by atoms with van der Waals surface area (Å²) >= 11 is 7.11. The van der Waals surface area contributed by atoms with E-state index in [0.29, 0.717) is 0 Å². The second kappa shape index (κ2) is 6.74. The van der Waals surface area contributed by atoms with E-state index >= 15 is 0 Å².